The number of anilines is 2. The lowest BCUT2D eigenvalue weighted by Crippen LogP contribution is -2.55. The number of aromatic nitrogens is 1. The molecule has 0 aliphatic heterocycles. The first-order valence-electron chi connectivity index (χ1n) is 7.17. The first-order valence-corrected chi connectivity index (χ1v) is 8.42. The summed E-state index contributed by atoms with van der Waals surface area (Å²) in [6.45, 7) is 13.4. The second-order valence-corrected chi connectivity index (χ2v) is 8.55. The maximum absolute atomic E-state index is 6.27. The molecule has 2 nitrogen and oxygen atoms in total. The SMILES string of the molecule is CC(C)(C)c1csc(Nc2ccccc2Cl)[n+]1C(C)(C)C. The van der Waals surface area contributed by atoms with Crippen molar-refractivity contribution in [2.45, 2.75) is 52.5 Å². The van der Waals surface area contributed by atoms with Crippen LogP contribution in [0, 0.1) is 0 Å². The highest BCUT2D eigenvalue weighted by Gasteiger charge is 2.34. The van der Waals surface area contributed by atoms with Crippen molar-refractivity contribution < 1.29 is 4.57 Å². The van der Waals surface area contributed by atoms with Gasteiger partial charge in [0.1, 0.15) is 16.9 Å². The van der Waals surface area contributed by atoms with Gasteiger partial charge in [-0.2, -0.15) is 0 Å². The lowest BCUT2D eigenvalue weighted by atomic mass is 9.91. The number of hydrogen-bond acceptors (Lipinski definition) is 2. The zero-order valence-corrected chi connectivity index (χ0v) is 15.2. The van der Waals surface area contributed by atoms with Crippen LogP contribution in [-0.2, 0) is 11.0 Å². The van der Waals surface area contributed by atoms with Gasteiger partial charge < -0.3 is 0 Å². The monoisotopic (exact) mass is 323 g/mol. The molecule has 0 saturated heterocycles. The molecule has 4 heteroatoms. The van der Waals surface area contributed by atoms with Crippen LogP contribution < -0.4 is 9.88 Å². The van der Waals surface area contributed by atoms with Crippen LogP contribution in [0.15, 0.2) is 29.6 Å². The molecule has 0 fully saturated rings. The maximum atomic E-state index is 6.27. The Morgan fingerprint density at radius 2 is 1.67 bits per heavy atom. The molecule has 1 heterocycles. The Labute approximate surface area is 136 Å². The molecule has 21 heavy (non-hydrogen) atoms. The minimum absolute atomic E-state index is 0.00615. The van der Waals surface area contributed by atoms with Gasteiger partial charge in [-0.1, -0.05) is 55.8 Å². The average molecular weight is 324 g/mol. The smallest absolute Gasteiger partial charge is 0.230 e. The predicted molar refractivity (Wildman–Crippen MR) is 92.9 cm³/mol. The third-order valence-corrected chi connectivity index (χ3v) is 4.46. The van der Waals surface area contributed by atoms with Crippen LogP contribution in [0.25, 0.3) is 0 Å². The van der Waals surface area contributed by atoms with Crippen molar-refractivity contribution in [3.05, 3.63) is 40.4 Å². The van der Waals surface area contributed by atoms with E-state index in [2.05, 4.69) is 56.8 Å². The molecule has 114 valence electrons. The van der Waals surface area contributed by atoms with Gasteiger partial charge in [0, 0.05) is 10.8 Å². The van der Waals surface area contributed by atoms with Crippen molar-refractivity contribution in [1.29, 1.82) is 0 Å². The van der Waals surface area contributed by atoms with E-state index >= 15 is 0 Å². The van der Waals surface area contributed by atoms with Crippen LogP contribution in [0.1, 0.15) is 47.2 Å². The molecule has 0 atom stereocenters. The summed E-state index contributed by atoms with van der Waals surface area (Å²) in [5.74, 6) is 0. The second-order valence-electron chi connectivity index (χ2n) is 7.29. The number of thiazole rings is 1. The molecular formula is C17H24ClN2S+. The molecule has 0 aliphatic rings. The van der Waals surface area contributed by atoms with E-state index < -0.39 is 0 Å². The van der Waals surface area contributed by atoms with Crippen LogP contribution in [0.2, 0.25) is 5.02 Å². The van der Waals surface area contributed by atoms with Gasteiger partial charge in [-0.15, -0.1) is 0 Å². The summed E-state index contributed by atoms with van der Waals surface area (Å²) in [5, 5.41) is 7.58. The Balaban J connectivity index is 2.51. The lowest BCUT2D eigenvalue weighted by Gasteiger charge is -2.25. The summed E-state index contributed by atoms with van der Waals surface area (Å²) >= 11 is 8.00. The Hall–Kier alpha value is -1.06. The number of nitrogens with one attached hydrogen (secondary N) is 1. The fourth-order valence-electron chi connectivity index (χ4n) is 2.27. The van der Waals surface area contributed by atoms with Crippen molar-refractivity contribution in [1.82, 2.24) is 0 Å². The van der Waals surface area contributed by atoms with Crippen molar-refractivity contribution in [2.75, 3.05) is 5.32 Å². The summed E-state index contributed by atoms with van der Waals surface area (Å²) in [5.41, 5.74) is 2.38. The Morgan fingerprint density at radius 3 is 2.19 bits per heavy atom. The van der Waals surface area contributed by atoms with Crippen LogP contribution in [0.3, 0.4) is 0 Å². The predicted octanol–water partition coefficient (Wildman–Crippen LogP) is 5.49. The fourth-order valence-corrected chi connectivity index (χ4v) is 3.78. The summed E-state index contributed by atoms with van der Waals surface area (Å²) in [4.78, 5) is 0. The van der Waals surface area contributed by atoms with Crippen molar-refractivity contribution in [3.8, 4) is 0 Å². The van der Waals surface area contributed by atoms with Gasteiger partial charge in [-0.3, -0.25) is 0 Å². The second kappa shape index (κ2) is 5.62. The summed E-state index contributed by atoms with van der Waals surface area (Å²) in [7, 11) is 0. The molecule has 1 N–H and O–H groups in total. The normalized spacial score (nSPS) is 12.5. The van der Waals surface area contributed by atoms with Crippen molar-refractivity contribution >= 4 is 33.8 Å². The van der Waals surface area contributed by atoms with Crippen LogP contribution in [-0.4, -0.2) is 0 Å². The number of halogens is 1. The molecule has 1 aromatic carbocycles. The first kappa shape index (κ1) is 16.3. The van der Waals surface area contributed by atoms with E-state index in [1.807, 2.05) is 24.3 Å². The van der Waals surface area contributed by atoms with E-state index in [9.17, 15) is 0 Å². The van der Waals surface area contributed by atoms with E-state index in [0.29, 0.717) is 0 Å². The third-order valence-electron chi connectivity index (χ3n) is 3.28. The molecule has 2 aromatic rings. The molecule has 0 spiro atoms. The van der Waals surface area contributed by atoms with Crippen LogP contribution in [0.5, 0.6) is 0 Å². The number of hydrogen-bond donors (Lipinski definition) is 1. The molecule has 0 bridgehead atoms. The topological polar surface area (TPSA) is 15.9 Å². The number of nitrogens with zero attached hydrogens (tertiary/aromatic N) is 1. The minimum Gasteiger partial charge on any atom is -0.230 e. The van der Waals surface area contributed by atoms with Gasteiger partial charge in [-0.05, 0) is 32.9 Å². The highest BCUT2D eigenvalue weighted by atomic mass is 35.5. The molecule has 0 aliphatic carbocycles. The zero-order valence-electron chi connectivity index (χ0n) is 13.6. The molecule has 0 radical (unpaired) electrons. The molecule has 0 amide bonds. The lowest BCUT2D eigenvalue weighted by molar-refractivity contribution is -0.746. The van der Waals surface area contributed by atoms with E-state index in [0.717, 1.165) is 15.8 Å². The van der Waals surface area contributed by atoms with Crippen molar-refractivity contribution in [3.63, 3.8) is 0 Å². The number of para-hydroxylation sites is 1. The standard InChI is InChI=1S/C17H23ClN2S/c1-16(2,3)14-11-21-15(20(14)17(4,5)6)19-13-10-8-7-9-12(13)18/h7-11H,1-6H3/p+1. The van der Waals surface area contributed by atoms with Gasteiger partial charge in [-0.25, -0.2) is 9.88 Å². The fraction of sp³-hybridized carbons (Fsp3) is 0.471. The van der Waals surface area contributed by atoms with Gasteiger partial charge in [0.25, 0.3) is 0 Å². The largest absolute Gasteiger partial charge is 0.339 e. The van der Waals surface area contributed by atoms with Gasteiger partial charge >= 0.3 is 5.13 Å². The summed E-state index contributed by atoms with van der Waals surface area (Å²) < 4.78 is 2.38. The van der Waals surface area contributed by atoms with Crippen molar-refractivity contribution in [2.24, 2.45) is 0 Å². The van der Waals surface area contributed by atoms with E-state index in [-0.39, 0.29) is 11.0 Å². The maximum Gasteiger partial charge on any atom is 0.339 e. The Kier molecular flexibility index (Phi) is 4.36. The minimum atomic E-state index is 0.00615. The van der Waals surface area contributed by atoms with Gasteiger partial charge in [0.05, 0.1) is 5.02 Å². The quantitative estimate of drug-likeness (QED) is 0.723. The van der Waals surface area contributed by atoms with E-state index in [4.69, 9.17) is 11.6 Å². The van der Waals surface area contributed by atoms with Crippen LogP contribution in [0.4, 0.5) is 10.8 Å². The number of benzene rings is 1. The van der Waals surface area contributed by atoms with E-state index in [1.54, 1.807) is 11.3 Å². The number of rotatable bonds is 2. The summed E-state index contributed by atoms with van der Waals surface area (Å²) in [6.07, 6.45) is 0. The van der Waals surface area contributed by atoms with Gasteiger partial charge in [0.15, 0.2) is 0 Å². The molecule has 1 aromatic heterocycles. The highest BCUT2D eigenvalue weighted by molar-refractivity contribution is 7.13. The average Bonchev–Trinajstić information content (AvgIpc) is 2.75. The Morgan fingerprint density at radius 1 is 1.05 bits per heavy atom. The Bertz CT molecular complexity index is 633. The molecule has 0 saturated carbocycles. The molecule has 2 rings (SSSR count). The third kappa shape index (κ3) is 3.58. The molecular weight excluding hydrogens is 300 g/mol. The molecule has 0 unspecified atom stereocenters. The summed E-state index contributed by atoms with van der Waals surface area (Å²) in [6, 6.07) is 7.85. The zero-order chi connectivity index (χ0) is 15.8. The van der Waals surface area contributed by atoms with Crippen LogP contribution >= 0.6 is 22.9 Å². The van der Waals surface area contributed by atoms with E-state index in [1.165, 1.54) is 5.69 Å². The van der Waals surface area contributed by atoms with Gasteiger partial charge in [0.2, 0.25) is 0 Å². The highest BCUT2D eigenvalue weighted by Crippen LogP contribution is 2.31. The first-order chi connectivity index (χ1) is 9.60.